The number of hydrogen-bond donors (Lipinski definition) is 4. The van der Waals surface area contributed by atoms with Gasteiger partial charge in [-0.3, -0.25) is 10.9 Å². The smallest absolute Gasteiger partial charge is 0.225 e. The van der Waals surface area contributed by atoms with Crippen molar-refractivity contribution < 1.29 is 8.76 Å². The van der Waals surface area contributed by atoms with E-state index < -0.39 is 10.9 Å². The molecule has 2 aromatic carbocycles. The van der Waals surface area contributed by atoms with Crippen LogP contribution in [0.3, 0.4) is 0 Å². The fraction of sp³-hybridized carbons (Fsp3) is 0.158. The second-order valence-corrected chi connectivity index (χ2v) is 7.01. The lowest BCUT2D eigenvalue weighted by Crippen LogP contribution is -2.13. The van der Waals surface area contributed by atoms with E-state index >= 15 is 0 Å². The molecule has 0 amide bonds. The fourth-order valence-corrected chi connectivity index (χ4v) is 2.88. The normalized spacial score (nSPS) is 14.5. The Kier molecular flexibility index (Phi) is 5.36. The van der Waals surface area contributed by atoms with Crippen molar-refractivity contribution in [1.29, 1.82) is 0 Å². The van der Waals surface area contributed by atoms with Gasteiger partial charge in [-0.1, -0.05) is 41.2 Å². The maximum atomic E-state index is 10.7. The van der Waals surface area contributed by atoms with Gasteiger partial charge in [-0.15, -0.1) is 0 Å². The van der Waals surface area contributed by atoms with Crippen molar-refractivity contribution in [1.82, 2.24) is 9.97 Å². The number of benzene rings is 2. The number of anilines is 3. The molecule has 4 rings (SSSR count). The Balaban J connectivity index is 1.53. The van der Waals surface area contributed by atoms with Crippen LogP contribution in [0.4, 0.5) is 23.1 Å². The first-order chi connectivity index (χ1) is 13.7. The fourth-order valence-electron chi connectivity index (χ4n) is 2.57. The minimum absolute atomic E-state index is 0.427. The Morgan fingerprint density at radius 2 is 1.75 bits per heavy atom. The SMILES string of the molecule is O=[S-](O)=Nc1ccc(NNc2cc(-c3ccccc3)nc(NC3CC3)n2)cc1. The van der Waals surface area contributed by atoms with E-state index in [1.54, 1.807) is 24.3 Å². The van der Waals surface area contributed by atoms with Gasteiger partial charge >= 0.3 is 0 Å². The lowest BCUT2D eigenvalue weighted by atomic mass is 10.1. The summed E-state index contributed by atoms with van der Waals surface area (Å²) in [6.07, 6.45) is 2.27. The van der Waals surface area contributed by atoms with Crippen molar-refractivity contribution in [2.45, 2.75) is 18.9 Å². The second kappa shape index (κ2) is 8.24. The number of nitrogens with one attached hydrogen (secondary N) is 3. The Morgan fingerprint density at radius 3 is 2.43 bits per heavy atom. The zero-order chi connectivity index (χ0) is 19.3. The lowest BCUT2D eigenvalue weighted by Gasteiger charge is -2.13. The molecule has 1 aliphatic rings. The molecule has 0 saturated heterocycles. The van der Waals surface area contributed by atoms with Gasteiger partial charge in [-0.05, 0) is 37.1 Å². The highest BCUT2D eigenvalue weighted by atomic mass is 32.2. The highest BCUT2D eigenvalue weighted by Gasteiger charge is 2.22. The Morgan fingerprint density at radius 1 is 1.00 bits per heavy atom. The van der Waals surface area contributed by atoms with E-state index in [0.29, 0.717) is 23.5 Å². The summed E-state index contributed by atoms with van der Waals surface area (Å²) < 4.78 is 23.1. The van der Waals surface area contributed by atoms with Crippen LogP contribution in [0, 0.1) is 0 Å². The third-order valence-electron chi connectivity index (χ3n) is 4.09. The van der Waals surface area contributed by atoms with Gasteiger partial charge in [0, 0.05) is 23.4 Å². The topological polar surface area (TPSA) is 112 Å². The van der Waals surface area contributed by atoms with Crippen LogP contribution in [-0.2, 0) is 15.1 Å². The summed E-state index contributed by atoms with van der Waals surface area (Å²) in [6, 6.07) is 19.0. The molecule has 0 radical (unpaired) electrons. The van der Waals surface area contributed by atoms with Crippen molar-refractivity contribution in [2.75, 3.05) is 16.2 Å². The van der Waals surface area contributed by atoms with Crippen LogP contribution in [0.1, 0.15) is 12.8 Å². The molecule has 9 heteroatoms. The van der Waals surface area contributed by atoms with Gasteiger partial charge < -0.3 is 18.4 Å². The third-order valence-corrected chi connectivity index (χ3v) is 4.46. The molecule has 0 unspecified atom stereocenters. The minimum atomic E-state index is -2.22. The van der Waals surface area contributed by atoms with Crippen LogP contribution in [0.15, 0.2) is 65.0 Å². The number of nitrogens with zero attached hydrogens (tertiary/aromatic N) is 3. The van der Waals surface area contributed by atoms with Crippen LogP contribution in [-0.4, -0.2) is 20.6 Å². The predicted molar refractivity (Wildman–Crippen MR) is 111 cm³/mol. The van der Waals surface area contributed by atoms with Crippen molar-refractivity contribution in [3.8, 4) is 11.3 Å². The quantitative estimate of drug-likeness (QED) is 0.266. The first-order valence-corrected chi connectivity index (χ1v) is 9.88. The molecule has 3 aromatic rings. The molecular weight excluding hydrogens is 376 g/mol. The van der Waals surface area contributed by atoms with E-state index in [2.05, 4.69) is 30.5 Å². The molecule has 0 atom stereocenters. The molecule has 8 nitrogen and oxygen atoms in total. The van der Waals surface area contributed by atoms with E-state index in [9.17, 15) is 4.21 Å². The average molecular weight is 395 g/mol. The van der Waals surface area contributed by atoms with Gasteiger partial charge in [0.1, 0.15) is 0 Å². The van der Waals surface area contributed by atoms with E-state index in [-0.39, 0.29) is 0 Å². The van der Waals surface area contributed by atoms with Gasteiger partial charge in [-0.25, -0.2) is 4.98 Å². The van der Waals surface area contributed by atoms with Crippen molar-refractivity contribution in [2.24, 2.45) is 4.36 Å². The molecule has 1 fully saturated rings. The van der Waals surface area contributed by atoms with Gasteiger partial charge in [0.2, 0.25) is 5.95 Å². The maximum Gasteiger partial charge on any atom is 0.225 e. The number of rotatable bonds is 7. The third kappa shape index (κ3) is 4.96. The molecule has 144 valence electrons. The Labute approximate surface area is 164 Å². The summed E-state index contributed by atoms with van der Waals surface area (Å²) in [4.78, 5) is 9.15. The number of hydrogen-bond acceptors (Lipinski definition) is 8. The lowest BCUT2D eigenvalue weighted by molar-refractivity contribution is 0.529. The summed E-state index contributed by atoms with van der Waals surface area (Å²) in [5.41, 5.74) is 9.17. The summed E-state index contributed by atoms with van der Waals surface area (Å²) in [7, 11) is -2.22. The largest absolute Gasteiger partial charge is 0.454 e. The number of aromatic nitrogens is 2. The van der Waals surface area contributed by atoms with E-state index in [1.807, 2.05) is 36.4 Å². The minimum Gasteiger partial charge on any atom is -0.454 e. The van der Waals surface area contributed by atoms with Crippen LogP contribution >= 0.6 is 0 Å². The van der Waals surface area contributed by atoms with Crippen LogP contribution in [0.25, 0.3) is 11.3 Å². The van der Waals surface area contributed by atoms with Crippen LogP contribution in [0.5, 0.6) is 0 Å². The molecule has 0 aliphatic heterocycles. The van der Waals surface area contributed by atoms with E-state index in [1.165, 1.54) is 0 Å². The van der Waals surface area contributed by atoms with Crippen molar-refractivity contribution in [3.63, 3.8) is 0 Å². The molecule has 4 N–H and O–H groups in total. The summed E-state index contributed by atoms with van der Waals surface area (Å²) in [6.45, 7) is 0. The average Bonchev–Trinajstić information content (AvgIpc) is 3.51. The van der Waals surface area contributed by atoms with E-state index in [0.717, 1.165) is 29.8 Å². The van der Waals surface area contributed by atoms with Gasteiger partial charge in [0.05, 0.1) is 11.4 Å². The van der Waals surface area contributed by atoms with Crippen LogP contribution in [0.2, 0.25) is 0 Å². The standard InChI is InChI=1S/C19H19N6O2S/c26-28(27)25-16-10-8-15(9-11-16)23-24-18-12-17(13-4-2-1-3-5-13)21-19(22-18)20-14-6-7-14/h1-5,8-12,14,23H,6-7H2,(H,25,26,27)(H2,20,21,22,24)/q-1. The summed E-state index contributed by atoms with van der Waals surface area (Å²) >= 11 is 0. The molecule has 1 saturated carbocycles. The van der Waals surface area contributed by atoms with Crippen LogP contribution < -0.4 is 16.2 Å². The highest BCUT2D eigenvalue weighted by molar-refractivity contribution is 7.68. The molecule has 28 heavy (non-hydrogen) atoms. The van der Waals surface area contributed by atoms with Gasteiger partial charge in [0.15, 0.2) is 5.82 Å². The Bertz CT molecular complexity index is 1030. The second-order valence-electron chi connectivity index (χ2n) is 6.37. The van der Waals surface area contributed by atoms with Gasteiger partial charge in [-0.2, -0.15) is 4.98 Å². The monoisotopic (exact) mass is 395 g/mol. The summed E-state index contributed by atoms with van der Waals surface area (Å²) in [5.74, 6) is 1.22. The molecule has 1 aromatic heterocycles. The van der Waals surface area contributed by atoms with E-state index in [4.69, 9.17) is 4.55 Å². The number of hydrazine groups is 1. The molecular formula is C19H19N6O2S-. The summed E-state index contributed by atoms with van der Waals surface area (Å²) in [5, 5.41) is 3.34. The van der Waals surface area contributed by atoms with Crippen molar-refractivity contribution >= 4 is 34.0 Å². The Hall–Kier alpha value is -3.17. The molecule has 0 bridgehead atoms. The highest BCUT2D eigenvalue weighted by Crippen LogP contribution is 2.26. The molecule has 1 aliphatic carbocycles. The first kappa shape index (κ1) is 18.2. The first-order valence-electron chi connectivity index (χ1n) is 8.81. The molecule has 1 heterocycles. The van der Waals surface area contributed by atoms with Crippen molar-refractivity contribution in [3.05, 3.63) is 60.7 Å². The zero-order valence-corrected chi connectivity index (χ0v) is 15.7. The maximum absolute atomic E-state index is 10.7. The van der Waals surface area contributed by atoms with Gasteiger partial charge in [0.25, 0.3) is 0 Å². The predicted octanol–water partition coefficient (Wildman–Crippen LogP) is 4.41. The zero-order valence-electron chi connectivity index (χ0n) is 14.9. The molecule has 0 spiro atoms.